The fourth-order valence-corrected chi connectivity index (χ4v) is 3.08. The third kappa shape index (κ3) is 4.31. The molecule has 2 rings (SSSR count). The zero-order chi connectivity index (χ0) is 19.4. The molecular formula is C22H28N2O2. The molecule has 0 saturated carbocycles. The van der Waals surface area contributed by atoms with Gasteiger partial charge < -0.3 is 10.2 Å². The summed E-state index contributed by atoms with van der Waals surface area (Å²) in [5.74, 6) is -0.0852. The number of hydrogen-bond donors (Lipinski definition) is 1. The number of para-hydroxylation sites is 1. The van der Waals surface area contributed by atoms with Gasteiger partial charge in [-0.15, -0.1) is 0 Å². The van der Waals surface area contributed by atoms with Gasteiger partial charge in [0, 0.05) is 12.6 Å². The Morgan fingerprint density at radius 1 is 1.00 bits per heavy atom. The fraction of sp³-hybridized carbons (Fsp3) is 0.364. The number of hydrogen-bond acceptors (Lipinski definition) is 2. The SMILES string of the molecule is CC(=O)N(CC(=O)Nc1cccc(C)c1C)c1c(C)cccc1C(C)C. The number of aryl methyl sites for hydroxylation is 2. The molecule has 138 valence electrons. The molecule has 0 aromatic heterocycles. The van der Waals surface area contributed by atoms with Crippen LogP contribution >= 0.6 is 0 Å². The van der Waals surface area contributed by atoms with E-state index in [1.807, 2.05) is 57.2 Å². The van der Waals surface area contributed by atoms with Crippen LogP contribution in [0, 0.1) is 20.8 Å². The number of carbonyl (C=O) groups is 2. The summed E-state index contributed by atoms with van der Waals surface area (Å²) in [4.78, 5) is 26.6. The first-order chi connectivity index (χ1) is 12.2. The quantitative estimate of drug-likeness (QED) is 0.846. The summed E-state index contributed by atoms with van der Waals surface area (Å²) in [7, 11) is 0. The van der Waals surface area contributed by atoms with Crippen LogP contribution < -0.4 is 10.2 Å². The molecule has 0 aliphatic rings. The van der Waals surface area contributed by atoms with E-state index >= 15 is 0 Å². The number of anilines is 2. The van der Waals surface area contributed by atoms with Crippen LogP contribution in [-0.2, 0) is 9.59 Å². The lowest BCUT2D eigenvalue weighted by atomic mass is 9.97. The van der Waals surface area contributed by atoms with Crippen LogP contribution in [0.25, 0.3) is 0 Å². The molecule has 0 fully saturated rings. The van der Waals surface area contributed by atoms with Crippen molar-refractivity contribution >= 4 is 23.2 Å². The second-order valence-corrected chi connectivity index (χ2v) is 7.07. The Labute approximate surface area is 156 Å². The number of nitrogens with one attached hydrogen (secondary N) is 1. The van der Waals surface area contributed by atoms with E-state index in [0.717, 1.165) is 33.6 Å². The van der Waals surface area contributed by atoms with Crippen LogP contribution in [-0.4, -0.2) is 18.4 Å². The van der Waals surface area contributed by atoms with Gasteiger partial charge >= 0.3 is 0 Å². The van der Waals surface area contributed by atoms with Crippen molar-refractivity contribution in [2.45, 2.75) is 47.5 Å². The Balaban J connectivity index is 2.31. The molecule has 1 N–H and O–H groups in total. The number of amides is 2. The second kappa shape index (κ2) is 8.17. The van der Waals surface area contributed by atoms with E-state index in [-0.39, 0.29) is 24.3 Å². The van der Waals surface area contributed by atoms with Gasteiger partial charge in [0.15, 0.2) is 0 Å². The molecule has 0 bridgehead atoms. The molecule has 2 aromatic rings. The molecule has 0 atom stereocenters. The van der Waals surface area contributed by atoms with Gasteiger partial charge in [-0.1, -0.05) is 44.2 Å². The lowest BCUT2D eigenvalue weighted by Gasteiger charge is -2.27. The zero-order valence-corrected chi connectivity index (χ0v) is 16.5. The average Bonchev–Trinajstić information content (AvgIpc) is 2.56. The smallest absolute Gasteiger partial charge is 0.244 e. The van der Waals surface area contributed by atoms with Crippen LogP contribution in [0.3, 0.4) is 0 Å². The molecule has 26 heavy (non-hydrogen) atoms. The molecule has 0 heterocycles. The van der Waals surface area contributed by atoms with E-state index in [9.17, 15) is 9.59 Å². The van der Waals surface area contributed by atoms with Crippen molar-refractivity contribution in [1.82, 2.24) is 0 Å². The van der Waals surface area contributed by atoms with E-state index < -0.39 is 0 Å². The van der Waals surface area contributed by atoms with Crippen molar-refractivity contribution in [2.24, 2.45) is 0 Å². The number of carbonyl (C=O) groups excluding carboxylic acids is 2. The summed E-state index contributed by atoms with van der Waals surface area (Å²) in [6.07, 6.45) is 0. The highest BCUT2D eigenvalue weighted by atomic mass is 16.2. The Bertz CT molecular complexity index is 825. The predicted octanol–water partition coefficient (Wildman–Crippen LogP) is 4.73. The summed E-state index contributed by atoms with van der Waals surface area (Å²) in [5, 5.41) is 2.94. The summed E-state index contributed by atoms with van der Waals surface area (Å²) < 4.78 is 0. The molecule has 4 heteroatoms. The third-order valence-corrected chi connectivity index (χ3v) is 4.72. The lowest BCUT2D eigenvalue weighted by molar-refractivity contribution is -0.120. The summed E-state index contributed by atoms with van der Waals surface area (Å²) in [6, 6.07) is 11.8. The molecule has 2 aromatic carbocycles. The molecule has 4 nitrogen and oxygen atoms in total. The average molecular weight is 352 g/mol. The topological polar surface area (TPSA) is 49.4 Å². The van der Waals surface area contributed by atoms with Gasteiger partial charge in [-0.3, -0.25) is 9.59 Å². The van der Waals surface area contributed by atoms with Gasteiger partial charge in [0.25, 0.3) is 0 Å². The highest BCUT2D eigenvalue weighted by Gasteiger charge is 2.22. The normalized spacial score (nSPS) is 10.7. The van der Waals surface area contributed by atoms with Gasteiger partial charge in [-0.2, -0.15) is 0 Å². The highest BCUT2D eigenvalue weighted by Crippen LogP contribution is 2.31. The van der Waals surface area contributed by atoms with Crippen molar-refractivity contribution in [3.63, 3.8) is 0 Å². The van der Waals surface area contributed by atoms with Crippen LogP contribution in [0.2, 0.25) is 0 Å². The maximum absolute atomic E-state index is 12.7. The Morgan fingerprint density at radius 3 is 2.23 bits per heavy atom. The molecule has 0 saturated heterocycles. The summed E-state index contributed by atoms with van der Waals surface area (Å²) in [5.41, 5.74) is 5.84. The second-order valence-electron chi connectivity index (χ2n) is 7.07. The van der Waals surface area contributed by atoms with Crippen LogP contribution in [0.15, 0.2) is 36.4 Å². The molecule has 0 unspecified atom stereocenters. The van der Waals surface area contributed by atoms with Gasteiger partial charge in [0.05, 0.1) is 5.69 Å². The molecule has 0 aliphatic carbocycles. The van der Waals surface area contributed by atoms with Gasteiger partial charge in [0.1, 0.15) is 6.54 Å². The number of benzene rings is 2. The van der Waals surface area contributed by atoms with Crippen molar-refractivity contribution in [3.05, 3.63) is 58.7 Å². The summed E-state index contributed by atoms with van der Waals surface area (Å²) >= 11 is 0. The molecule has 0 aliphatic heterocycles. The molecule has 2 amide bonds. The Kier molecular flexibility index (Phi) is 6.19. The minimum Gasteiger partial charge on any atom is -0.324 e. The highest BCUT2D eigenvalue weighted by molar-refractivity contribution is 6.03. The maximum atomic E-state index is 12.7. The third-order valence-electron chi connectivity index (χ3n) is 4.72. The van der Waals surface area contributed by atoms with Crippen molar-refractivity contribution < 1.29 is 9.59 Å². The zero-order valence-electron chi connectivity index (χ0n) is 16.5. The Morgan fingerprint density at radius 2 is 1.62 bits per heavy atom. The van der Waals surface area contributed by atoms with Crippen LogP contribution in [0.5, 0.6) is 0 Å². The maximum Gasteiger partial charge on any atom is 0.244 e. The van der Waals surface area contributed by atoms with Gasteiger partial charge in [0.2, 0.25) is 11.8 Å². The van der Waals surface area contributed by atoms with Gasteiger partial charge in [-0.05, 0) is 55.0 Å². The minimum atomic E-state index is -0.202. The lowest BCUT2D eigenvalue weighted by Crippen LogP contribution is -2.38. The first-order valence-electron chi connectivity index (χ1n) is 8.96. The van der Waals surface area contributed by atoms with Crippen molar-refractivity contribution in [3.8, 4) is 0 Å². The van der Waals surface area contributed by atoms with Crippen molar-refractivity contribution in [1.29, 1.82) is 0 Å². The number of nitrogens with zero attached hydrogens (tertiary/aromatic N) is 1. The first-order valence-corrected chi connectivity index (χ1v) is 8.96. The summed E-state index contributed by atoms with van der Waals surface area (Å²) in [6.45, 7) is 11.6. The first kappa shape index (κ1) is 19.7. The van der Waals surface area contributed by atoms with E-state index in [1.54, 1.807) is 4.90 Å². The van der Waals surface area contributed by atoms with Crippen molar-refractivity contribution in [2.75, 3.05) is 16.8 Å². The predicted molar refractivity (Wildman–Crippen MR) is 108 cm³/mol. The number of rotatable bonds is 5. The van der Waals surface area contributed by atoms with E-state index in [4.69, 9.17) is 0 Å². The Hall–Kier alpha value is -2.62. The molecule has 0 radical (unpaired) electrons. The van der Waals surface area contributed by atoms with Crippen LogP contribution in [0.1, 0.15) is 48.9 Å². The largest absolute Gasteiger partial charge is 0.324 e. The minimum absolute atomic E-state index is 0.00666. The molecular weight excluding hydrogens is 324 g/mol. The molecule has 0 spiro atoms. The van der Waals surface area contributed by atoms with E-state index in [1.165, 1.54) is 6.92 Å². The van der Waals surface area contributed by atoms with E-state index in [2.05, 4.69) is 19.2 Å². The standard InChI is InChI=1S/C22H28N2O2/c1-14(2)19-11-7-10-16(4)22(19)24(18(6)25)13-21(26)23-20-12-8-9-15(3)17(20)5/h7-12,14H,13H2,1-6H3,(H,23,26). The monoisotopic (exact) mass is 352 g/mol. The van der Waals surface area contributed by atoms with Gasteiger partial charge in [-0.25, -0.2) is 0 Å². The fourth-order valence-electron chi connectivity index (χ4n) is 3.08. The van der Waals surface area contributed by atoms with Crippen LogP contribution in [0.4, 0.5) is 11.4 Å². The van der Waals surface area contributed by atoms with E-state index in [0.29, 0.717) is 0 Å².